The number of piperazine rings is 1. The van der Waals surface area contributed by atoms with Crippen molar-refractivity contribution in [3.63, 3.8) is 0 Å². The van der Waals surface area contributed by atoms with E-state index in [0.29, 0.717) is 38.4 Å². The highest BCUT2D eigenvalue weighted by molar-refractivity contribution is 7.89. The van der Waals surface area contributed by atoms with E-state index in [1.165, 1.54) is 22.0 Å². The molecule has 156 valence electrons. The lowest BCUT2D eigenvalue weighted by atomic mass is 10.1. The monoisotopic (exact) mass is 418 g/mol. The number of likely N-dealkylation sites (N-methyl/N-ethyl adjacent to an activating group) is 1. The summed E-state index contributed by atoms with van der Waals surface area (Å²) in [5.74, 6) is 0. The van der Waals surface area contributed by atoms with Gasteiger partial charge in [0.1, 0.15) is 5.69 Å². The minimum Gasteiger partial charge on any atom is -0.379 e. The van der Waals surface area contributed by atoms with Gasteiger partial charge in [0, 0.05) is 38.8 Å². The Morgan fingerprint density at radius 3 is 2.41 bits per heavy atom. The smallest absolute Gasteiger partial charge is 0.293 e. The summed E-state index contributed by atoms with van der Waals surface area (Å²) in [4.78, 5) is 13.0. The topological polar surface area (TPSA) is 95.8 Å². The van der Waals surface area contributed by atoms with Gasteiger partial charge in [0.25, 0.3) is 5.69 Å². The quantitative estimate of drug-likeness (QED) is 0.402. The van der Waals surface area contributed by atoms with Crippen molar-refractivity contribution < 1.29 is 13.3 Å². The summed E-state index contributed by atoms with van der Waals surface area (Å²) in [7, 11) is -1.81. The highest BCUT2D eigenvalue weighted by Gasteiger charge is 2.29. The molecule has 9 heteroatoms. The lowest BCUT2D eigenvalue weighted by Gasteiger charge is -2.31. The number of benzene rings is 2. The number of nitro groups is 1. The van der Waals surface area contributed by atoms with Crippen molar-refractivity contribution in [1.82, 2.24) is 9.21 Å². The average Bonchev–Trinajstić information content (AvgIpc) is 2.72. The van der Waals surface area contributed by atoms with E-state index >= 15 is 0 Å². The molecule has 0 aliphatic carbocycles. The second-order valence-corrected chi connectivity index (χ2v) is 9.10. The van der Waals surface area contributed by atoms with Crippen LogP contribution in [-0.2, 0) is 16.4 Å². The Morgan fingerprint density at radius 2 is 1.76 bits per heavy atom. The predicted molar refractivity (Wildman–Crippen MR) is 113 cm³/mol. The van der Waals surface area contributed by atoms with Crippen LogP contribution in [0.4, 0.5) is 11.4 Å². The standard InChI is InChI=1S/C20H26N4O4S/c1-22-12-14-23(15-13-22)29(27,28)18-9-10-19(20(16-18)24(25)26)21-11-5-8-17-6-3-2-4-7-17/h2-4,6-7,9-10,16,21H,5,8,11-15H2,1H3. The molecule has 2 aromatic carbocycles. The summed E-state index contributed by atoms with van der Waals surface area (Å²) in [5.41, 5.74) is 1.32. The second-order valence-electron chi connectivity index (χ2n) is 7.16. The first-order valence-corrected chi connectivity index (χ1v) is 11.1. The minimum atomic E-state index is -3.74. The normalized spacial score (nSPS) is 15.9. The van der Waals surface area contributed by atoms with Gasteiger partial charge in [-0.1, -0.05) is 30.3 Å². The van der Waals surface area contributed by atoms with Gasteiger partial charge in [-0.05, 0) is 37.6 Å². The molecule has 2 aromatic rings. The van der Waals surface area contributed by atoms with Crippen molar-refractivity contribution in [1.29, 1.82) is 0 Å². The predicted octanol–water partition coefficient (Wildman–Crippen LogP) is 2.58. The van der Waals surface area contributed by atoms with E-state index < -0.39 is 14.9 Å². The molecule has 0 saturated carbocycles. The maximum atomic E-state index is 12.9. The van der Waals surface area contributed by atoms with Gasteiger partial charge in [-0.25, -0.2) is 8.42 Å². The molecular formula is C20H26N4O4S. The number of hydrogen-bond donors (Lipinski definition) is 1. The molecule has 1 fully saturated rings. The molecule has 0 radical (unpaired) electrons. The molecule has 0 amide bonds. The van der Waals surface area contributed by atoms with Crippen molar-refractivity contribution in [3.8, 4) is 0 Å². The fraction of sp³-hybridized carbons (Fsp3) is 0.400. The van der Waals surface area contributed by atoms with E-state index in [1.54, 1.807) is 0 Å². The van der Waals surface area contributed by atoms with Crippen LogP contribution in [0.1, 0.15) is 12.0 Å². The molecule has 1 heterocycles. The first-order valence-electron chi connectivity index (χ1n) is 9.63. The van der Waals surface area contributed by atoms with Crippen LogP contribution in [0.15, 0.2) is 53.4 Å². The van der Waals surface area contributed by atoms with E-state index in [9.17, 15) is 18.5 Å². The van der Waals surface area contributed by atoms with Crippen molar-refractivity contribution in [3.05, 3.63) is 64.2 Å². The summed E-state index contributed by atoms with van der Waals surface area (Å²) < 4.78 is 27.1. The van der Waals surface area contributed by atoms with E-state index in [4.69, 9.17) is 0 Å². The SMILES string of the molecule is CN1CCN(S(=O)(=O)c2ccc(NCCCc3ccccc3)c([N+](=O)[O-])c2)CC1. The van der Waals surface area contributed by atoms with Crippen molar-refractivity contribution in [2.45, 2.75) is 17.7 Å². The van der Waals surface area contributed by atoms with Crippen LogP contribution in [0.2, 0.25) is 0 Å². The fourth-order valence-electron chi connectivity index (χ4n) is 3.31. The van der Waals surface area contributed by atoms with E-state index in [2.05, 4.69) is 10.2 Å². The number of nitrogens with one attached hydrogen (secondary N) is 1. The van der Waals surface area contributed by atoms with E-state index in [0.717, 1.165) is 18.9 Å². The second kappa shape index (κ2) is 9.34. The lowest BCUT2D eigenvalue weighted by molar-refractivity contribution is -0.384. The molecule has 1 aliphatic heterocycles. The molecule has 1 N–H and O–H groups in total. The number of rotatable bonds is 8. The number of nitro benzene ring substituents is 1. The lowest BCUT2D eigenvalue weighted by Crippen LogP contribution is -2.47. The average molecular weight is 419 g/mol. The van der Waals surface area contributed by atoms with Gasteiger partial charge in [-0.15, -0.1) is 0 Å². The minimum absolute atomic E-state index is 0.0383. The summed E-state index contributed by atoms with van der Waals surface area (Å²) in [6.07, 6.45) is 1.67. The third-order valence-electron chi connectivity index (χ3n) is 5.07. The van der Waals surface area contributed by atoms with Crippen molar-refractivity contribution in [2.75, 3.05) is 45.1 Å². The zero-order valence-electron chi connectivity index (χ0n) is 16.5. The molecule has 8 nitrogen and oxygen atoms in total. The molecule has 1 saturated heterocycles. The summed E-state index contributed by atoms with van der Waals surface area (Å²) in [5, 5.41) is 14.6. The van der Waals surface area contributed by atoms with E-state index in [1.807, 2.05) is 37.4 Å². The third kappa shape index (κ3) is 5.31. The van der Waals surface area contributed by atoms with Gasteiger partial charge in [-0.3, -0.25) is 10.1 Å². The number of hydrogen-bond acceptors (Lipinski definition) is 6. The van der Waals surface area contributed by atoms with Crippen molar-refractivity contribution >= 4 is 21.4 Å². The highest BCUT2D eigenvalue weighted by atomic mass is 32.2. The third-order valence-corrected chi connectivity index (χ3v) is 6.96. The van der Waals surface area contributed by atoms with Crippen LogP contribution in [0.5, 0.6) is 0 Å². The Bertz CT molecular complexity index is 942. The Labute approximate surface area is 171 Å². The molecule has 29 heavy (non-hydrogen) atoms. The number of aryl methyl sites for hydroxylation is 1. The zero-order valence-corrected chi connectivity index (χ0v) is 17.3. The summed E-state index contributed by atoms with van der Waals surface area (Å²) >= 11 is 0. The van der Waals surface area contributed by atoms with Crippen LogP contribution in [0.3, 0.4) is 0 Å². The van der Waals surface area contributed by atoms with E-state index in [-0.39, 0.29) is 10.6 Å². The van der Waals surface area contributed by atoms with Crippen LogP contribution < -0.4 is 5.32 Å². The van der Waals surface area contributed by atoms with Gasteiger partial charge >= 0.3 is 0 Å². The van der Waals surface area contributed by atoms with Gasteiger partial charge < -0.3 is 10.2 Å². The Kier molecular flexibility index (Phi) is 6.83. The summed E-state index contributed by atoms with van der Waals surface area (Å²) in [6, 6.07) is 14.1. The molecule has 0 atom stereocenters. The Hall–Kier alpha value is -2.49. The van der Waals surface area contributed by atoms with Gasteiger partial charge in [0.2, 0.25) is 10.0 Å². The van der Waals surface area contributed by atoms with Crippen LogP contribution in [0.25, 0.3) is 0 Å². The number of nitrogens with zero attached hydrogens (tertiary/aromatic N) is 3. The first kappa shape index (κ1) is 21.2. The van der Waals surface area contributed by atoms with Gasteiger partial charge in [-0.2, -0.15) is 4.31 Å². The van der Waals surface area contributed by atoms with Crippen LogP contribution >= 0.6 is 0 Å². The van der Waals surface area contributed by atoms with Gasteiger partial charge in [0.15, 0.2) is 0 Å². The molecule has 0 aromatic heterocycles. The molecular weight excluding hydrogens is 392 g/mol. The van der Waals surface area contributed by atoms with Gasteiger partial charge in [0.05, 0.1) is 9.82 Å². The Balaban J connectivity index is 1.69. The zero-order chi connectivity index (χ0) is 20.9. The highest BCUT2D eigenvalue weighted by Crippen LogP contribution is 2.29. The molecule has 1 aliphatic rings. The largest absolute Gasteiger partial charge is 0.379 e. The summed E-state index contributed by atoms with van der Waals surface area (Å²) in [6.45, 7) is 2.60. The van der Waals surface area contributed by atoms with Crippen molar-refractivity contribution in [2.24, 2.45) is 0 Å². The van der Waals surface area contributed by atoms with Crippen LogP contribution in [0, 0.1) is 10.1 Å². The first-order chi connectivity index (χ1) is 13.9. The maximum absolute atomic E-state index is 12.9. The number of anilines is 1. The molecule has 3 rings (SSSR count). The number of sulfonamides is 1. The Morgan fingerprint density at radius 1 is 1.07 bits per heavy atom. The molecule has 0 unspecified atom stereocenters. The van der Waals surface area contributed by atoms with Crippen LogP contribution in [-0.4, -0.2) is 62.3 Å². The fourth-order valence-corrected chi connectivity index (χ4v) is 4.75. The maximum Gasteiger partial charge on any atom is 0.293 e. The molecule has 0 bridgehead atoms. The molecule has 0 spiro atoms.